The van der Waals surface area contributed by atoms with E-state index in [0.717, 1.165) is 22.9 Å². The average Bonchev–Trinajstić information content (AvgIpc) is 2.73. The fourth-order valence-electron chi connectivity index (χ4n) is 2.59. The van der Waals surface area contributed by atoms with Crippen LogP contribution in [0.25, 0.3) is 12.2 Å². The molecule has 29 heavy (non-hydrogen) atoms. The lowest BCUT2D eigenvalue weighted by atomic mass is 10.1. The molecule has 0 amide bonds. The summed E-state index contributed by atoms with van der Waals surface area (Å²) in [4.78, 5) is 20.8. The molecular formula is C21H16N4O4. The molecule has 0 spiro atoms. The van der Waals surface area contributed by atoms with Gasteiger partial charge in [-0.25, -0.2) is 0 Å². The molecule has 8 nitrogen and oxygen atoms in total. The fraction of sp³-hybridized carbons (Fsp3) is 0. The summed E-state index contributed by atoms with van der Waals surface area (Å²) in [7, 11) is 0. The van der Waals surface area contributed by atoms with Crippen LogP contribution in [-0.2, 0) is 0 Å². The van der Waals surface area contributed by atoms with E-state index < -0.39 is 9.85 Å². The van der Waals surface area contributed by atoms with Gasteiger partial charge in [-0.2, -0.15) is 5.10 Å². The predicted octanol–water partition coefficient (Wildman–Crippen LogP) is 5.12. The zero-order valence-electron chi connectivity index (χ0n) is 15.1. The van der Waals surface area contributed by atoms with Gasteiger partial charge >= 0.3 is 0 Å². The first-order valence-corrected chi connectivity index (χ1v) is 8.58. The highest BCUT2D eigenvalue weighted by Gasteiger charge is 2.17. The Morgan fingerprint density at radius 3 is 2.10 bits per heavy atom. The lowest BCUT2D eigenvalue weighted by molar-refractivity contribution is -0.394. The molecule has 1 N–H and O–H groups in total. The van der Waals surface area contributed by atoms with Gasteiger partial charge in [-0.05, 0) is 29.8 Å². The van der Waals surface area contributed by atoms with Crippen molar-refractivity contribution in [1.82, 2.24) is 0 Å². The summed E-state index contributed by atoms with van der Waals surface area (Å²) in [6.07, 6.45) is 4.91. The largest absolute Gasteiger partial charge is 0.283 e. The number of non-ortho nitro benzene ring substituents is 1. The minimum absolute atomic E-state index is 0.273. The standard InChI is InChI=1S/C21H16N4O4/c26-24(27)20-13-12-17(21(14-20)25(28)29)11-10-16-6-4-5-7-18(16)15-22-23-19-8-2-1-3-9-19/h1-15,23H/b11-10-,22-15+. The number of benzene rings is 3. The molecule has 0 aliphatic rings. The van der Waals surface area contributed by atoms with E-state index in [1.165, 1.54) is 12.1 Å². The topological polar surface area (TPSA) is 111 Å². The van der Waals surface area contributed by atoms with Gasteiger partial charge in [0.25, 0.3) is 11.4 Å². The Morgan fingerprint density at radius 2 is 1.41 bits per heavy atom. The number of hydrogen-bond donors (Lipinski definition) is 1. The van der Waals surface area contributed by atoms with Crippen molar-refractivity contribution in [1.29, 1.82) is 0 Å². The molecule has 0 atom stereocenters. The molecule has 0 saturated carbocycles. The maximum atomic E-state index is 11.3. The second kappa shape index (κ2) is 9.05. The van der Waals surface area contributed by atoms with Crippen LogP contribution in [-0.4, -0.2) is 16.1 Å². The number of nitro benzene ring substituents is 2. The number of para-hydroxylation sites is 1. The molecule has 3 aromatic rings. The minimum Gasteiger partial charge on any atom is -0.279 e. The van der Waals surface area contributed by atoms with E-state index in [1.807, 2.05) is 54.6 Å². The quantitative estimate of drug-likeness (QED) is 0.261. The molecule has 0 heterocycles. The first-order valence-electron chi connectivity index (χ1n) is 8.58. The van der Waals surface area contributed by atoms with Crippen molar-refractivity contribution in [3.8, 4) is 0 Å². The van der Waals surface area contributed by atoms with Crippen molar-refractivity contribution >= 4 is 35.4 Å². The van der Waals surface area contributed by atoms with Gasteiger partial charge in [0.15, 0.2) is 0 Å². The van der Waals surface area contributed by atoms with Crippen LogP contribution in [0.3, 0.4) is 0 Å². The number of hydrazone groups is 1. The Labute approximate surface area is 166 Å². The highest BCUT2D eigenvalue weighted by Crippen LogP contribution is 2.26. The first-order chi connectivity index (χ1) is 14.0. The number of nitrogens with zero attached hydrogens (tertiary/aromatic N) is 3. The highest BCUT2D eigenvalue weighted by atomic mass is 16.6. The van der Waals surface area contributed by atoms with Crippen LogP contribution in [0.4, 0.5) is 17.1 Å². The van der Waals surface area contributed by atoms with Crippen molar-refractivity contribution in [2.24, 2.45) is 5.10 Å². The summed E-state index contributed by atoms with van der Waals surface area (Å²) in [5.41, 5.74) is 4.99. The average molecular weight is 388 g/mol. The van der Waals surface area contributed by atoms with Gasteiger partial charge in [0.1, 0.15) is 0 Å². The molecule has 0 aliphatic carbocycles. The smallest absolute Gasteiger partial charge is 0.279 e. The van der Waals surface area contributed by atoms with Gasteiger partial charge in [0, 0.05) is 11.6 Å². The SMILES string of the molecule is O=[N+]([O-])c1ccc(/C=C\c2ccccc2/C=N/Nc2ccccc2)c([N+](=O)[O-])c1. The number of anilines is 1. The molecule has 3 rings (SSSR count). The Morgan fingerprint density at radius 1 is 0.759 bits per heavy atom. The second-order valence-corrected chi connectivity index (χ2v) is 5.96. The van der Waals surface area contributed by atoms with Crippen LogP contribution in [0, 0.1) is 20.2 Å². The van der Waals surface area contributed by atoms with Crippen LogP contribution in [0.5, 0.6) is 0 Å². The van der Waals surface area contributed by atoms with Crippen LogP contribution < -0.4 is 5.43 Å². The normalized spacial score (nSPS) is 11.0. The molecule has 0 radical (unpaired) electrons. The van der Waals surface area contributed by atoms with E-state index >= 15 is 0 Å². The summed E-state index contributed by atoms with van der Waals surface area (Å²) >= 11 is 0. The summed E-state index contributed by atoms with van der Waals surface area (Å²) in [5.74, 6) is 0. The monoisotopic (exact) mass is 388 g/mol. The number of rotatable bonds is 7. The van der Waals surface area contributed by atoms with E-state index in [4.69, 9.17) is 0 Å². The van der Waals surface area contributed by atoms with Crippen LogP contribution >= 0.6 is 0 Å². The van der Waals surface area contributed by atoms with Gasteiger partial charge in [-0.1, -0.05) is 48.5 Å². The molecule has 0 fully saturated rings. The number of nitro groups is 2. The lowest BCUT2D eigenvalue weighted by Crippen LogP contribution is -1.95. The fourth-order valence-corrected chi connectivity index (χ4v) is 2.59. The molecule has 0 aliphatic heterocycles. The molecule has 8 heteroatoms. The van der Waals surface area contributed by atoms with E-state index in [0.29, 0.717) is 0 Å². The van der Waals surface area contributed by atoms with Gasteiger partial charge < -0.3 is 0 Å². The Balaban J connectivity index is 1.85. The number of nitrogens with one attached hydrogen (secondary N) is 1. The maximum Gasteiger partial charge on any atom is 0.283 e. The second-order valence-electron chi connectivity index (χ2n) is 5.96. The Hall–Kier alpha value is -4.33. The van der Waals surface area contributed by atoms with Gasteiger partial charge in [0.05, 0.1) is 33.4 Å². The third kappa shape index (κ3) is 5.10. The number of hydrogen-bond acceptors (Lipinski definition) is 6. The van der Waals surface area contributed by atoms with E-state index in [-0.39, 0.29) is 16.9 Å². The Bertz CT molecular complexity index is 1090. The van der Waals surface area contributed by atoms with Crippen molar-refractivity contribution in [2.45, 2.75) is 0 Å². The molecule has 0 aromatic heterocycles. The van der Waals surface area contributed by atoms with Crippen molar-refractivity contribution < 1.29 is 9.85 Å². The van der Waals surface area contributed by atoms with E-state index in [9.17, 15) is 20.2 Å². The van der Waals surface area contributed by atoms with Crippen LogP contribution in [0.2, 0.25) is 0 Å². The highest BCUT2D eigenvalue weighted by molar-refractivity contribution is 5.88. The molecular weight excluding hydrogens is 372 g/mol. The molecule has 144 valence electrons. The van der Waals surface area contributed by atoms with E-state index in [1.54, 1.807) is 18.4 Å². The summed E-state index contributed by atoms with van der Waals surface area (Å²) in [6, 6.07) is 20.4. The minimum atomic E-state index is -0.661. The summed E-state index contributed by atoms with van der Waals surface area (Å²) in [5, 5.41) is 26.3. The van der Waals surface area contributed by atoms with Crippen LogP contribution in [0.1, 0.15) is 16.7 Å². The molecule has 0 saturated heterocycles. The van der Waals surface area contributed by atoms with Crippen LogP contribution in [0.15, 0.2) is 77.9 Å². The van der Waals surface area contributed by atoms with E-state index in [2.05, 4.69) is 10.5 Å². The predicted molar refractivity (Wildman–Crippen MR) is 113 cm³/mol. The maximum absolute atomic E-state index is 11.3. The Kier molecular flexibility index (Phi) is 6.06. The van der Waals surface area contributed by atoms with Gasteiger partial charge in [-0.15, -0.1) is 0 Å². The lowest BCUT2D eigenvalue weighted by Gasteiger charge is -2.02. The first kappa shape index (κ1) is 19.4. The van der Waals surface area contributed by atoms with Crippen molar-refractivity contribution in [3.63, 3.8) is 0 Å². The van der Waals surface area contributed by atoms with Crippen molar-refractivity contribution in [3.05, 3.63) is 110 Å². The zero-order valence-corrected chi connectivity index (χ0v) is 15.1. The van der Waals surface area contributed by atoms with Gasteiger partial charge in [-0.3, -0.25) is 25.7 Å². The molecule has 0 bridgehead atoms. The third-order valence-electron chi connectivity index (χ3n) is 4.03. The molecule has 3 aromatic carbocycles. The summed E-state index contributed by atoms with van der Waals surface area (Å²) < 4.78 is 0. The third-order valence-corrected chi connectivity index (χ3v) is 4.03. The molecule has 0 unspecified atom stereocenters. The van der Waals surface area contributed by atoms with Gasteiger partial charge in [0.2, 0.25) is 0 Å². The summed E-state index contributed by atoms with van der Waals surface area (Å²) in [6.45, 7) is 0. The van der Waals surface area contributed by atoms with Crippen molar-refractivity contribution in [2.75, 3.05) is 5.43 Å². The zero-order chi connectivity index (χ0) is 20.6.